The highest BCUT2D eigenvalue weighted by Crippen LogP contribution is 2.32. The zero-order chi connectivity index (χ0) is 20.9. The minimum Gasteiger partial charge on any atom is -0.454 e. The van der Waals surface area contributed by atoms with Gasteiger partial charge < -0.3 is 24.4 Å². The van der Waals surface area contributed by atoms with E-state index in [0.717, 1.165) is 24.8 Å². The Labute approximate surface area is 173 Å². The van der Waals surface area contributed by atoms with Crippen molar-refractivity contribution in [2.45, 2.75) is 26.2 Å². The van der Waals surface area contributed by atoms with Gasteiger partial charge in [-0.1, -0.05) is 11.2 Å². The lowest BCUT2D eigenvalue weighted by molar-refractivity contribution is -0.151. The summed E-state index contributed by atoms with van der Waals surface area (Å²) in [6.07, 6.45) is 3.25. The van der Waals surface area contributed by atoms with Crippen molar-refractivity contribution in [3.05, 3.63) is 53.1 Å². The van der Waals surface area contributed by atoms with Gasteiger partial charge in [-0.05, 0) is 67.6 Å². The number of ether oxygens (including phenoxy) is 3. The smallest absolute Gasteiger partial charge is 0.347 e. The maximum absolute atomic E-state index is 12.0. The van der Waals surface area contributed by atoms with Crippen LogP contribution in [-0.2, 0) is 32.0 Å². The predicted molar refractivity (Wildman–Crippen MR) is 109 cm³/mol. The van der Waals surface area contributed by atoms with E-state index in [1.807, 2.05) is 24.3 Å². The van der Waals surface area contributed by atoms with Crippen molar-refractivity contribution in [2.75, 3.05) is 25.3 Å². The largest absolute Gasteiger partial charge is 0.454 e. The summed E-state index contributed by atoms with van der Waals surface area (Å²) in [5.41, 5.74) is 4.63. The van der Waals surface area contributed by atoms with Gasteiger partial charge in [0.25, 0.3) is 5.91 Å². The molecule has 8 nitrogen and oxygen atoms in total. The highest BCUT2D eigenvalue weighted by atomic mass is 16.7. The highest BCUT2D eigenvalue weighted by molar-refractivity contribution is 5.99. The molecule has 1 aliphatic heterocycles. The molecule has 2 aromatic carbocycles. The maximum atomic E-state index is 12.0. The van der Waals surface area contributed by atoms with Crippen LogP contribution in [0.5, 0.6) is 11.5 Å². The van der Waals surface area contributed by atoms with Gasteiger partial charge in [-0.15, -0.1) is 0 Å². The Bertz CT molecular complexity index is 1000. The molecule has 0 unspecified atom stereocenters. The molecule has 2 aromatic rings. The molecular weight excluding hydrogens is 388 g/mol. The van der Waals surface area contributed by atoms with Gasteiger partial charge in [0.15, 0.2) is 18.1 Å². The zero-order valence-corrected chi connectivity index (χ0v) is 16.6. The molecule has 30 heavy (non-hydrogen) atoms. The number of hydrogen-bond donors (Lipinski definition) is 1. The quantitative estimate of drug-likeness (QED) is 0.428. The minimum absolute atomic E-state index is 0.192. The first-order chi connectivity index (χ1) is 14.6. The number of amides is 1. The molecule has 0 spiro atoms. The van der Waals surface area contributed by atoms with Crippen LogP contribution >= 0.6 is 0 Å². The number of oxime groups is 1. The van der Waals surface area contributed by atoms with Gasteiger partial charge in [0.2, 0.25) is 13.4 Å². The topological polar surface area (TPSA) is 95.5 Å². The Hall–Kier alpha value is -3.55. The molecule has 1 N–H and O–H groups in total. The summed E-state index contributed by atoms with van der Waals surface area (Å²) in [5, 5.41) is 6.64. The van der Waals surface area contributed by atoms with Crippen molar-refractivity contribution in [2.24, 2.45) is 5.16 Å². The Morgan fingerprint density at radius 3 is 2.77 bits per heavy atom. The zero-order valence-electron chi connectivity index (χ0n) is 16.6. The number of nitrogens with zero attached hydrogens (tertiary/aromatic N) is 1. The van der Waals surface area contributed by atoms with Crippen LogP contribution in [-0.4, -0.2) is 37.6 Å². The normalized spacial score (nSPS) is 14.2. The van der Waals surface area contributed by atoms with E-state index in [1.165, 1.54) is 11.1 Å². The van der Waals surface area contributed by atoms with E-state index in [0.29, 0.717) is 22.9 Å². The molecule has 8 heteroatoms. The molecule has 0 bridgehead atoms. The summed E-state index contributed by atoms with van der Waals surface area (Å²) in [6, 6.07) is 11.2. The molecule has 0 fully saturated rings. The summed E-state index contributed by atoms with van der Waals surface area (Å²) >= 11 is 0. The standard InChI is InChI=1S/C22H22N2O6/c1-14(16-6-8-19-20(10-16)29-13-28-19)24-30-12-22(26)27-11-21(25)23-18-7-5-15-3-2-4-17(15)9-18/h5-10H,2-4,11-13H2,1H3,(H,23,25)/b24-14-. The summed E-state index contributed by atoms with van der Waals surface area (Å²) in [5.74, 6) is 0.229. The van der Waals surface area contributed by atoms with Crippen LogP contribution in [0.3, 0.4) is 0 Å². The summed E-state index contributed by atoms with van der Waals surface area (Å²) in [6.45, 7) is 1.16. The molecule has 0 saturated heterocycles. The fourth-order valence-corrected chi connectivity index (χ4v) is 3.39. The van der Waals surface area contributed by atoms with E-state index in [9.17, 15) is 9.59 Å². The van der Waals surface area contributed by atoms with Gasteiger partial charge in [-0.2, -0.15) is 0 Å². The molecule has 0 atom stereocenters. The molecule has 1 amide bonds. The Kier molecular flexibility index (Phi) is 5.83. The maximum Gasteiger partial charge on any atom is 0.347 e. The lowest BCUT2D eigenvalue weighted by Gasteiger charge is -2.08. The molecule has 0 aromatic heterocycles. The van der Waals surface area contributed by atoms with Crippen LogP contribution in [0.4, 0.5) is 5.69 Å². The van der Waals surface area contributed by atoms with Crippen LogP contribution in [0.15, 0.2) is 41.6 Å². The minimum atomic E-state index is -0.679. The molecule has 156 valence electrons. The number of nitrogens with one attached hydrogen (secondary N) is 1. The Balaban J connectivity index is 1.20. The van der Waals surface area contributed by atoms with E-state index in [2.05, 4.69) is 10.5 Å². The van der Waals surface area contributed by atoms with Crippen molar-refractivity contribution in [1.82, 2.24) is 0 Å². The van der Waals surface area contributed by atoms with Crippen molar-refractivity contribution < 1.29 is 28.6 Å². The van der Waals surface area contributed by atoms with E-state index in [4.69, 9.17) is 19.0 Å². The lowest BCUT2D eigenvalue weighted by Crippen LogP contribution is -2.22. The van der Waals surface area contributed by atoms with Gasteiger partial charge in [0.05, 0.1) is 5.71 Å². The Morgan fingerprint density at radius 1 is 1.03 bits per heavy atom. The summed E-state index contributed by atoms with van der Waals surface area (Å²) < 4.78 is 15.5. The number of esters is 1. The number of anilines is 1. The number of hydrogen-bond acceptors (Lipinski definition) is 7. The first kappa shape index (κ1) is 19.8. The number of rotatable bonds is 7. The van der Waals surface area contributed by atoms with E-state index < -0.39 is 18.5 Å². The van der Waals surface area contributed by atoms with Gasteiger partial charge in [-0.3, -0.25) is 4.79 Å². The van der Waals surface area contributed by atoms with E-state index >= 15 is 0 Å². The van der Waals surface area contributed by atoms with Crippen LogP contribution in [0.25, 0.3) is 0 Å². The van der Waals surface area contributed by atoms with Crippen LogP contribution in [0.1, 0.15) is 30.0 Å². The molecule has 0 radical (unpaired) electrons. The van der Waals surface area contributed by atoms with Crippen molar-refractivity contribution in [3.63, 3.8) is 0 Å². The monoisotopic (exact) mass is 410 g/mol. The van der Waals surface area contributed by atoms with Gasteiger partial charge in [0, 0.05) is 11.3 Å². The first-order valence-electron chi connectivity index (χ1n) is 9.72. The van der Waals surface area contributed by atoms with Crippen LogP contribution < -0.4 is 14.8 Å². The average molecular weight is 410 g/mol. The first-order valence-corrected chi connectivity index (χ1v) is 9.72. The van der Waals surface area contributed by atoms with Crippen LogP contribution in [0.2, 0.25) is 0 Å². The highest BCUT2D eigenvalue weighted by Gasteiger charge is 2.15. The van der Waals surface area contributed by atoms with E-state index in [-0.39, 0.29) is 13.4 Å². The van der Waals surface area contributed by atoms with Gasteiger partial charge in [0.1, 0.15) is 0 Å². The van der Waals surface area contributed by atoms with Gasteiger partial charge >= 0.3 is 5.97 Å². The van der Waals surface area contributed by atoms with Crippen molar-refractivity contribution >= 4 is 23.3 Å². The van der Waals surface area contributed by atoms with Crippen LogP contribution in [0, 0.1) is 0 Å². The third kappa shape index (κ3) is 4.71. The number of carbonyl (C=O) groups excluding carboxylic acids is 2. The molecule has 1 heterocycles. The molecule has 1 aliphatic carbocycles. The fourth-order valence-electron chi connectivity index (χ4n) is 3.39. The van der Waals surface area contributed by atoms with E-state index in [1.54, 1.807) is 19.1 Å². The summed E-state index contributed by atoms with van der Waals surface area (Å²) in [7, 11) is 0. The molecule has 0 saturated carbocycles. The molecule has 2 aliphatic rings. The third-order valence-corrected chi connectivity index (χ3v) is 4.92. The van der Waals surface area contributed by atoms with Crippen molar-refractivity contribution in [3.8, 4) is 11.5 Å². The number of benzene rings is 2. The fraction of sp³-hybridized carbons (Fsp3) is 0.318. The second kappa shape index (κ2) is 8.86. The third-order valence-electron chi connectivity index (χ3n) is 4.92. The number of carbonyl (C=O) groups is 2. The summed E-state index contributed by atoms with van der Waals surface area (Å²) in [4.78, 5) is 28.8. The SMILES string of the molecule is C/C(=N/OCC(=O)OCC(=O)Nc1ccc2c(c1)CCC2)c1ccc2c(c1)OCO2. The second-order valence-corrected chi connectivity index (χ2v) is 7.06. The lowest BCUT2D eigenvalue weighted by atomic mass is 10.1. The number of aryl methyl sites for hydroxylation is 2. The van der Waals surface area contributed by atoms with Gasteiger partial charge in [-0.25, -0.2) is 4.79 Å². The number of fused-ring (bicyclic) bond motifs is 2. The second-order valence-electron chi connectivity index (χ2n) is 7.06. The molecule has 4 rings (SSSR count). The predicted octanol–water partition coefficient (Wildman–Crippen LogP) is 2.83. The van der Waals surface area contributed by atoms with Crippen molar-refractivity contribution in [1.29, 1.82) is 0 Å². The Morgan fingerprint density at radius 2 is 1.87 bits per heavy atom. The molecular formula is C22H22N2O6. The average Bonchev–Trinajstić information content (AvgIpc) is 3.40.